The molecule has 0 N–H and O–H groups in total. The van der Waals surface area contributed by atoms with Gasteiger partial charge in [-0.25, -0.2) is 12.7 Å². The van der Waals surface area contributed by atoms with E-state index in [1.165, 1.54) is 4.31 Å². The number of nitrogens with zero attached hydrogens (tertiary/aromatic N) is 2. The standard InChI is InChI=1S/C14H22N2O3S2/c1-12(17)16-7-5-13(11-16)10-15(2)21(18,19)9-6-14-4-3-8-20-14/h3-4,8,13H,5-7,9-11H2,1-2H3/t13-/m1/s1. The number of thiophene rings is 1. The second-order valence-corrected chi connectivity index (χ2v) is 8.77. The maximum Gasteiger partial charge on any atom is 0.219 e. The van der Waals surface area contributed by atoms with Gasteiger partial charge in [0.05, 0.1) is 5.75 Å². The third kappa shape index (κ3) is 4.52. The highest BCUT2D eigenvalue weighted by molar-refractivity contribution is 7.89. The molecule has 1 saturated heterocycles. The zero-order chi connectivity index (χ0) is 15.5. The molecule has 1 fully saturated rings. The lowest BCUT2D eigenvalue weighted by atomic mass is 10.1. The Bertz CT molecular complexity index is 569. The number of aryl methyl sites for hydroxylation is 1. The van der Waals surface area contributed by atoms with Gasteiger partial charge in [0, 0.05) is 38.5 Å². The number of sulfonamides is 1. The van der Waals surface area contributed by atoms with Gasteiger partial charge in [0.2, 0.25) is 15.9 Å². The Labute approximate surface area is 130 Å². The Morgan fingerprint density at radius 3 is 2.86 bits per heavy atom. The quantitative estimate of drug-likeness (QED) is 0.793. The molecule has 2 heterocycles. The van der Waals surface area contributed by atoms with Gasteiger partial charge in [-0.2, -0.15) is 0 Å². The first-order valence-electron chi connectivity index (χ1n) is 7.10. The van der Waals surface area contributed by atoms with Crippen LogP contribution in [-0.4, -0.2) is 56.0 Å². The summed E-state index contributed by atoms with van der Waals surface area (Å²) in [5, 5.41) is 1.96. The first-order valence-corrected chi connectivity index (χ1v) is 9.59. The predicted octanol–water partition coefficient (Wildman–Crippen LogP) is 1.42. The predicted molar refractivity (Wildman–Crippen MR) is 84.8 cm³/mol. The van der Waals surface area contributed by atoms with Crippen LogP contribution in [0, 0.1) is 5.92 Å². The van der Waals surface area contributed by atoms with Crippen molar-refractivity contribution in [1.82, 2.24) is 9.21 Å². The van der Waals surface area contributed by atoms with Gasteiger partial charge in [-0.3, -0.25) is 4.79 Å². The number of hydrogen-bond donors (Lipinski definition) is 0. The average Bonchev–Trinajstić information content (AvgIpc) is 3.07. The Morgan fingerprint density at radius 2 is 2.29 bits per heavy atom. The lowest BCUT2D eigenvalue weighted by molar-refractivity contribution is -0.127. The summed E-state index contributed by atoms with van der Waals surface area (Å²) in [5.74, 6) is 0.462. The van der Waals surface area contributed by atoms with E-state index < -0.39 is 10.0 Å². The zero-order valence-electron chi connectivity index (χ0n) is 12.5. The van der Waals surface area contributed by atoms with E-state index in [9.17, 15) is 13.2 Å². The third-order valence-corrected chi connectivity index (χ3v) is 6.66. The van der Waals surface area contributed by atoms with Crippen LogP contribution in [0.1, 0.15) is 18.2 Å². The highest BCUT2D eigenvalue weighted by Crippen LogP contribution is 2.19. The average molecular weight is 330 g/mol. The highest BCUT2D eigenvalue weighted by atomic mass is 32.2. The minimum absolute atomic E-state index is 0.0701. The normalized spacial score (nSPS) is 19.4. The molecular formula is C14H22N2O3S2. The second-order valence-electron chi connectivity index (χ2n) is 5.55. The van der Waals surface area contributed by atoms with Crippen molar-refractivity contribution in [2.75, 3.05) is 32.4 Å². The van der Waals surface area contributed by atoms with Crippen LogP contribution >= 0.6 is 11.3 Å². The van der Waals surface area contributed by atoms with Crippen molar-refractivity contribution in [3.05, 3.63) is 22.4 Å². The summed E-state index contributed by atoms with van der Waals surface area (Å²) in [4.78, 5) is 14.2. The van der Waals surface area contributed by atoms with Crippen LogP contribution in [0.5, 0.6) is 0 Å². The monoisotopic (exact) mass is 330 g/mol. The van der Waals surface area contributed by atoms with Gasteiger partial charge >= 0.3 is 0 Å². The molecule has 0 saturated carbocycles. The molecule has 7 heteroatoms. The van der Waals surface area contributed by atoms with Crippen molar-refractivity contribution in [3.8, 4) is 0 Å². The molecule has 0 aliphatic carbocycles. The summed E-state index contributed by atoms with van der Waals surface area (Å²) in [7, 11) is -1.59. The van der Waals surface area contributed by atoms with Gasteiger partial charge in [0.25, 0.3) is 0 Å². The number of amides is 1. The van der Waals surface area contributed by atoms with Gasteiger partial charge in [-0.1, -0.05) is 6.07 Å². The zero-order valence-corrected chi connectivity index (χ0v) is 14.1. The second kappa shape index (κ2) is 6.89. The van der Waals surface area contributed by atoms with E-state index >= 15 is 0 Å². The van der Waals surface area contributed by atoms with E-state index in [0.717, 1.165) is 17.8 Å². The molecule has 21 heavy (non-hydrogen) atoms. The van der Waals surface area contributed by atoms with Crippen LogP contribution in [0.4, 0.5) is 0 Å². The summed E-state index contributed by atoms with van der Waals surface area (Å²) in [6.07, 6.45) is 1.44. The fourth-order valence-corrected chi connectivity index (χ4v) is 4.65. The first kappa shape index (κ1) is 16.5. The number of rotatable bonds is 6. The molecule has 0 radical (unpaired) electrons. The van der Waals surface area contributed by atoms with Crippen LogP contribution < -0.4 is 0 Å². The van der Waals surface area contributed by atoms with Crippen molar-refractivity contribution in [3.63, 3.8) is 0 Å². The molecule has 2 rings (SSSR count). The molecule has 5 nitrogen and oxygen atoms in total. The van der Waals surface area contributed by atoms with E-state index in [4.69, 9.17) is 0 Å². The van der Waals surface area contributed by atoms with E-state index in [2.05, 4.69) is 0 Å². The summed E-state index contributed by atoms with van der Waals surface area (Å²) >= 11 is 1.58. The maximum atomic E-state index is 12.3. The molecule has 1 aromatic heterocycles. The van der Waals surface area contributed by atoms with Gasteiger partial charge in [-0.05, 0) is 30.2 Å². The largest absolute Gasteiger partial charge is 0.343 e. The van der Waals surface area contributed by atoms with E-state index in [0.29, 0.717) is 19.5 Å². The highest BCUT2D eigenvalue weighted by Gasteiger charge is 2.28. The number of carbonyl (C=O) groups excluding carboxylic acids is 1. The van der Waals surface area contributed by atoms with Crippen molar-refractivity contribution >= 4 is 27.3 Å². The Balaban J connectivity index is 1.84. The molecule has 1 atom stereocenters. The number of likely N-dealkylation sites (tertiary alicyclic amines) is 1. The number of carbonyl (C=O) groups is 1. The molecule has 1 aromatic rings. The lowest BCUT2D eigenvalue weighted by Gasteiger charge is -2.21. The summed E-state index contributed by atoms with van der Waals surface area (Å²) in [6, 6.07) is 3.90. The van der Waals surface area contributed by atoms with Crippen molar-refractivity contribution in [2.24, 2.45) is 5.92 Å². The van der Waals surface area contributed by atoms with Gasteiger partial charge < -0.3 is 4.90 Å². The summed E-state index contributed by atoms with van der Waals surface area (Å²) < 4.78 is 26.0. The molecule has 0 unspecified atom stereocenters. The van der Waals surface area contributed by atoms with Crippen LogP contribution in [0.15, 0.2) is 17.5 Å². The van der Waals surface area contributed by atoms with Crippen LogP contribution in [-0.2, 0) is 21.2 Å². The maximum absolute atomic E-state index is 12.3. The first-order chi connectivity index (χ1) is 9.88. The van der Waals surface area contributed by atoms with Crippen LogP contribution in [0.2, 0.25) is 0 Å². The van der Waals surface area contributed by atoms with Crippen LogP contribution in [0.3, 0.4) is 0 Å². The third-order valence-electron chi connectivity index (χ3n) is 3.91. The van der Waals surface area contributed by atoms with Crippen molar-refractivity contribution in [2.45, 2.75) is 19.8 Å². The smallest absolute Gasteiger partial charge is 0.219 e. The summed E-state index contributed by atoms with van der Waals surface area (Å²) in [5.41, 5.74) is 0. The van der Waals surface area contributed by atoms with Crippen LogP contribution in [0.25, 0.3) is 0 Å². The Morgan fingerprint density at radius 1 is 1.52 bits per heavy atom. The molecular weight excluding hydrogens is 308 g/mol. The van der Waals surface area contributed by atoms with Crippen molar-refractivity contribution in [1.29, 1.82) is 0 Å². The Hall–Kier alpha value is -0.920. The lowest BCUT2D eigenvalue weighted by Crippen LogP contribution is -2.35. The molecule has 0 aromatic carbocycles. The fraction of sp³-hybridized carbons (Fsp3) is 0.643. The fourth-order valence-electron chi connectivity index (χ4n) is 2.59. The molecule has 118 valence electrons. The molecule has 1 aliphatic rings. The van der Waals surface area contributed by atoms with Crippen molar-refractivity contribution < 1.29 is 13.2 Å². The van der Waals surface area contributed by atoms with E-state index in [1.54, 1.807) is 30.2 Å². The SMILES string of the molecule is CC(=O)N1CC[C@H](CN(C)S(=O)(=O)CCc2cccs2)C1. The Kier molecular flexibility index (Phi) is 5.40. The number of hydrogen-bond acceptors (Lipinski definition) is 4. The molecule has 0 bridgehead atoms. The molecule has 0 spiro atoms. The molecule has 1 amide bonds. The van der Waals surface area contributed by atoms with Gasteiger partial charge in [-0.15, -0.1) is 11.3 Å². The minimum atomic E-state index is -3.23. The summed E-state index contributed by atoms with van der Waals surface area (Å²) in [6.45, 7) is 3.46. The van der Waals surface area contributed by atoms with Gasteiger partial charge in [0.1, 0.15) is 0 Å². The topological polar surface area (TPSA) is 57.7 Å². The molecule has 1 aliphatic heterocycles. The van der Waals surface area contributed by atoms with Gasteiger partial charge in [0.15, 0.2) is 0 Å². The van der Waals surface area contributed by atoms with E-state index in [1.807, 2.05) is 17.5 Å². The minimum Gasteiger partial charge on any atom is -0.343 e. The van der Waals surface area contributed by atoms with E-state index in [-0.39, 0.29) is 17.6 Å².